The van der Waals surface area contributed by atoms with E-state index in [4.69, 9.17) is 0 Å². The number of piperidine rings is 1. The number of β-amino-alcohol motifs (C(OH)–C–C–N with tert-alkyl or cyclic N) is 1. The smallest absolute Gasteiger partial charge is 0.177 e. The fraction of sp³-hybridized carbons (Fsp3) is 0.688. The Balaban J connectivity index is 1.41. The molecule has 4 heterocycles. The first-order valence-electron chi connectivity index (χ1n) is 8.46. The molecule has 0 amide bonds. The number of aliphatic hydroxyl groups excluding tert-OH is 1. The van der Waals surface area contributed by atoms with Crippen LogP contribution in [0.5, 0.6) is 0 Å². The summed E-state index contributed by atoms with van der Waals surface area (Å²) < 4.78 is 1.74. The molecule has 2 aliphatic heterocycles. The quantitative estimate of drug-likeness (QED) is 0.903. The third kappa shape index (κ3) is 2.90. The van der Waals surface area contributed by atoms with Gasteiger partial charge in [-0.1, -0.05) is 0 Å². The van der Waals surface area contributed by atoms with E-state index in [1.54, 1.807) is 10.8 Å². The minimum Gasteiger partial charge on any atom is -0.392 e. The molecular formula is C16H24N6O. The van der Waals surface area contributed by atoms with Crippen LogP contribution in [0.3, 0.4) is 0 Å². The Kier molecular flexibility index (Phi) is 3.69. The Labute approximate surface area is 135 Å². The Bertz CT molecular complexity index is 676. The van der Waals surface area contributed by atoms with E-state index in [9.17, 15) is 5.11 Å². The molecule has 4 rings (SSSR count). The molecule has 1 atom stereocenters. The number of aromatic nitrogens is 4. The van der Waals surface area contributed by atoms with E-state index >= 15 is 0 Å². The molecule has 7 heteroatoms. The van der Waals surface area contributed by atoms with Crippen molar-refractivity contribution in [3.05, 3.63) is 18.5 Å². The Morgan fingerprint density at radius 2 is 2.00 bits per heavy atom. The van der Waals surface area contributed by atoms with E-state index in [1.165, 1.54) is 19.3 Å². The summed E-state index contributed by atoms with van der Waals surface area (Å²) in [6.45, 7) is 7.02. The van der Waals surface area contributed by atoms with E-state index in [0.717, 1.165) is 44.2 Å². The third-order valence-corrected chi connectivity index (χ3v) is 5.34. The molecule has 7 nitrogen and oxygen atoms in total. The van der Waals surface area contributed by atoms with Gasteiger partial charge in [0.15, 0.2) is 5.65 Å². The molecule has 0 saturated carbocycles. The van der Waals surface area contributed by atoms with Gasteiger partial charge < -0.3 is 14.9 Å². The van der Waals surface area contributed by atoms with Gasteiger partial charge in [-0.05, 0) is 50.3 Å². The normalized spacial score (nSPS) is 23.0. The number of likely N-dealkylation sites (tertiary alicyclic amines) is 1. The highest BCUT2D eigenvalue weighted by Crippen LogP contribution is 2.41. The molecule has 2 aliphatic rings. The van der Waals surface area contributed by atoms with Crippen LogP contribution < -0.4 is 4.90 Å². The third-order valence-electron chi connectivity index (χ3n) is 5.34. The number of fused-ring (bicyclic) bond motifs is 1. The van der Waals surface area contributed by atoms with Gasteiger partial charge in [-0.3, -0.25) is 0 Å². The van der Waals surface area contributed by atoms with Crippen LogP contribution in [0.15, 0.2) is 18.5 Å². The standard InChI is InChI=1S/C16H24N6O/c1-13(23)10-20-7-4-16(11-20)5-8-21(9-6-16)15-3-2-14-18-17-12-22(14)19-15/h2-3,12-13,23H,4-11H2,1H3. The second-order valence-electron chi connectivity index (χ2n) is 7.15. The number of hydrogen-bond acceptors (Lipinski definition) is 6. The molecule has 2 aromatic rings. The number of aliphatic hydroxyl groups is 1. The zero-order valence-corrected chi connectivity index (χ0v) is 13.6. The number of anilines is 1. The maximum atomic E-state index is 9.59. The predicted octanol–water partition coefficient (Wildman–Crippen LogP) is 0.797. The number of rotatable bonds is 3. The molecule has 124 valence electrons. The highest BCUT2D eigenvalue weighted by atomic mass is 16.3. The summed E-state index contributed by atoms with van der Waals surface area (Å²) in [6.07, 6.45) is 5.07. The lowest BCUT2D eigenvalue weighted by atomic mass is 9.78. The van der Waals surface area contributed by atoms with Crippen LogP contribution in [0.1, 0.15) is 26.2 Å². The van der Waals surface area contributed by atoms with Gasteiger partial charge in [0.05, 0.1) is 6.10 Å². The fourth-order valence-corrected chi connectivity index (χ4v) is 4.06. The molecule has 2 saturated heterocycles. The van der Waals surface area contributed by atoms with Crippen molar-refractivity contribution in [3.8, 4) is 0 Å². The van der Waals surface area contributed by atoms with E-state index in [2.05, 4.69) is 25.1 Å². The van der Waals surface area contributed by atoms with Crippen molar-refractivity contribution in [2.24, 2.45) is 5.41 Å². The number of nitrogens with zero attached hydrogens (tertiary/aromatic N) is 6. The monoisotopic (exact) mass is 316 g/mol. The van der Waals surface area contributed by atoms with Gasteiger partial charge in [-0.25, -0.2) is 0 Å². The maximum absolute atomic E-state index is 9.59. The number of hydrogen-bond donors (Lipinski definition) is 1. The summed E-state index contributed by atoms with van der Waals surface area (Å²) in [6, 6.07) is 4.01. The highest BCUT2D eigenvalue weighted by Gasteiger charge is 2.40. The Hall–Kier alpha value is -1.73. The molecule has 0 radical (unpaired) electrons. The highest BCUT2D eigenvalue weighted by molar-refractivity contribution is 5.45. The minimum absolute atomic E-state index is 0.232. The van der Waals surface area contributed by atoms with Crippen LogP contribution in [0, 0.1) is 5.41 Å². The van der Waals surface area contributed by atoms with Gasteiger partial charge in [0, 0.05) is 26.2 Å². The summed E-state index contributed by atoms with van der Waals surface area (Å²) >= 11 is 0. The van der Waals surface area contributed by atoms with Gasteiger partial charge >= 0.3 is 0 Å². The first kappa shape index (κ1) is 14.8. The molecule has 2 aromatic heterocycles. The van der Waals surface area contributed by atoms with Gasteiger partial charge in [0.2, 0.25) is 0 Å². The molecule has 1 N–H and O–H groups in total. The van der Waals surface area contributed by atoms with Crippen LogP contribution in [0.25, 0.3) is 5.65 Å². The van der Waals surface area contributed by atoms with E-state index in [1.807, 2.05) is 19.1 Å². The van der Waals surface area contributed by atoms with E-state index in [-0.39, 0.29) is 6.10 Å². The van der Waals surface area contributed by atoms with Crippen molar-refractivity contribution in [2.75, 3.05) is 37.6 Å². The average Bonchev–Trinajstić information content (AvgIpc) is 3.14. The summed E-state index contributed by atoms with van der Waals surface area (Å²) in [5.74, 6) is 1.01. The zero-order valence-electron chi connectivity index (χ0n) is 13.6. The van der Waals surface area contributed by atoms with Crippen molar-refractivity contribution in [2.45, 2.75) is 32.3 Å². The molecule has 1 spiro atoms. The summed E-state index contributed by atoms with van der Waals surface area (Å²) in [4.78, 5) is 4.78. The lowest BCUT2D eigenvalue weighted by molar-refractivity contribution is 0.127. The average molecular weight is 316 g/mol. The van der Waals surface area contributed by atoms with Gasteiger partial charge in [0.1, 0.15) is 12.1 Å². The Morgan fingerprint density at radius 1 is 1.22 bits per heavy atom. The summed E-state index contributed by atoms with van der Waals surface area (Å²) in [5, 5.41) is 22.1. The van der Waals surface area contributed by atoms with Crippen LogP contribution in [0.2, 0.25) is 0 Å². The Morgan fingerprint density at radius 3 is 2.78 bits per heavy atom. The van der Waals surface area contributed by atoms with E-state index in [0.29, 0.717) is 5.41 Å². The lowest BCUT2D eigenvalue weighted by Gasteiger charge is -2.40. The molecule has 0 aliphatic carbocycles. The molecule has 0 aromatic carbocycles. The maximum Gasteiger partial charge on any atom is 0.177 e. The van der Waals surface area contributed by atoms with Crippen molar-refractivity contribution < 1.29 is 5.11 Å². The van der Waals surface area contributed by atoms with E-state index < -0.39 is 0 Å². The topological polar surface area (TPSA) is 69.8 Å². The molecular weight excluding hydrogens is 292 g/mol. The second kappa shape index (κ2) is 5.72. The first-order valence-corrected chi connectivity index (χ1v) is 8.46. The van der Waals surface area contributed by atoms with Gasteiger partial charge in [-0.2, -0.15) is 4.52 Å². The second-order valence-corrected chi connectivity index (χ2v) is 7.15. The summed E-state index contributed by atoms with van der Waals surface area (Å²) in [7, 11) is 0. The zero-order chi connectivity index (χ0) is 15.9. The van der Waals surface area contributed by atoms with Crippen molar-refractivity contribution in [3.63, 3.8) is 0 Å². The predicted molar refractivity (Wildman–Crippen MR) is 87.4 cm³/mol. The van der Waals surface area contributed by atoms with Gasteiger partial charge in [-0.15, -0.1) is 15.3 Å². The summed E-state index contributed by atoms with van der Waals surface area (Å²) in [5.41, 5.74) is 1.22. The SMILES string of the molecule is CC(O)CN1CCC2(CCN(c3ccc4nncn4n3)CC2)C1. The van der Waals surface area contributed by atoms with Crippen molar-refractivity contribution in [1.82, 2.24) is 24.7 Å². The van der Waals surface area contributed by atoms with Crippen molar-refractivity contribution >= 4 is 11.5 Å². The van der Waals surface area contributed by atoms with Crippen LogP contribution in [-0.4, -0.2) is 68.6 Å². The van der Waals surface area contributed by atoms with Crippen LogP contribution in [0.4, 0.5) is 5.82 Å². The molecule has 0 bridgehead atoms. The largest absolute Gasteiger partial charge is 0.392 e. The molecule has 23 heavy (non-hydrogen) atoms. The van der Waals surface area contributed by atoms with Crippen LogP contribution in [-0.2, 0) is 0 Å². The van der Waals surface area contributed by atoms with Crippen LogP contribution >= 0.6 is 0 Å². The fourth-order valence-electron chi connectivity index (χ4n) is 4.06. The lowest BCUT2D eigenvalue weighted by Crippen LogP contribution is -2.42. The first-order chi connectivity index (χ1) is 11.1. The molecule has 1 unspecified atom stereocenters. The minimum atomic E-state index is -0.232. The molecule has 2 fully saturated rings. The van der Waals surface area contributed by atoms with Gasteiger partial charge in [0.25, 0.3) is 0 Å². The van der Waals surface area contributed by atoms with Crippen molar-refractivity contribution in [1.29, 1.82) is 0 Å².